The number of nitrogens with zero attached hydrogens (tertiary/aromatic N) is 2. The number of hydrogen-bond donors (Lipinski definition) is 3. The summed E-state index contributed by atoms with van der Waals surface area (Å²) in [6.07, 6.45) is 0. The van der Waals surface area contributed by atoms with Gasteiger partial charge in [0, 0.05) is 32.7 Å². The van der Waals surface area contributed by atoms with E-state index >= 15 is 0 Å². The average Bonchev–Trinajstić information content (AvgIpc) is 2.44. The zero-order valence-electron chi connectivity index (χ0n) is 12.7. The number of nitrogens with one attached hydrogen (secondary N) is 1. The Morgan fingerprint density at radius 2 is 1.81 bits per heavy atom. The highest BCUT2D eigenvalue weighted by molar-refractivity contribution is 5.87. The summed E-state index contributed by atoms with van der Waals surface area (Å²) in [6.45, 7) is 7.28. The van der Waals surface area contributed by atoms with Crippen LogP contribution in [0.3, 0.4) is 0 Å². The van der Waals surface area contributed by atoms with Crippen LogP contribution in [-0.2, 0) is 9.59 Å². The Morgan fingerprint density at radius 1 is 1.24 bits per heavy atom. The van der Waals surface area contributed by atoms with E-state index in [4.69, 9.17) is 10.8 Å². The number of carbonyl (C=O) groups excluding carboxylic acids is 2. The van der Waals surface area contributed by atoms with Gasteiger partial charge in [-0.1, -0.05) is 13.8 Å². The number of aliphatic hydroxyl groups is 1. The predicted molar refractivity (Wildman–Crippen MR) is 83.2 cm³/mol. The first-order chi connectivity index (χ1) is 9.45. The quantitative estimate of drug-likeness (QED) is 0.561. The number of β-amino-alcohol motifs (C(OH)–C–C–N with tert-alkyl or cyclic N) is 1. The van der Waals surface area contributed by atoms with Gasteiger partial charge in [-0.15, -0.1) is 12.4 Å². The minimum absolute atomic E-state index is 0. The van der Waals surface area contributed by atoms with Crippen molar-refractivity contribution in [3.05, 3.63) is 0 Å². The summed E-state index contributed by atoms with van der Waals surface area (Å²) in [6, 6.07) is -0.579. The first-order valence-electron chi connectivity index (χ1n) is 7.10. The molecular weight excluding hydrogens is 296 g/mol. The molecule has 0 unspecified atom stereocenters. The van der Waals surface area contributed by atoms with E-state index in [1.54, 1.807) is 4.90 Å². The third-order valence-electron chi connectivity index (χ3n) is 3.58. The Hall–Kier alpha value is -0.890. The molecule has 21 heavy (non-hydrogen) atoms. The van der Waals surface area contributed by atoms with Crippen molar-refractivity contribution in [2.24, 2.45) is 11.7 Å². The number of carbonyl (C=O) groups is 2. The van der Waals surface area contributed by atoms with Gasteiger partial charge >= 0.3 is 0 Å². The minimum atomic E-state index is -0.579. The SMILES string of the molecule is CC(C)[C@H](N)C(=O)NCC(=O)N1CCN(CCO)CC1.Cl. The fourth-order valence-electron chi connectivity index (χ4n) is 2.06. The summed E-state index contributed by atoms with van der Waals surface area (Å²) < 4.78 is 0. The number of aliphatic hydroxyl groups excluding tert-OH is 1. The normalized spacial score (nSPS) is 17.3. The van der Waals surface area contributed by atoms with E-state index in [0.29, 0.717) is 19.6 Å². The average molecular weight is 323 g/mol. The molecule has 1 aliphatic rings. The Bertz CT molecular complexity index is 333. The summed E-state index contributed by atoms with van der Waals surface area (Å²) in [7, 11) is 0. The standard InChI is InChI=1S/C13H26N4O3.ClH/c1-10(2)12(14)13(20)15-9-11(19)17-5-3-16(4-6-17)7-8-18;/h10,12,18H,3-9,14H2,1-2H3,(H,15,20);1H/t12-;/m0./s1. The highest BCUT2D eigenvalue weighted by Gasteiger charge is 2.22. The summed E-state index contributed by atoms with van der Waals surface area (Å²) in [5, 5.41) is 11.4. The molecule has 0 aromatic carbocycles. The molecule has 124 valence electrons. The lowest BCUT2D eigenvalue weighted by Gasteiger charge is -2.34. The zero-order valence-corrected chi connectivity index (χ0v) is 13.6. The lowest BCUT2D eigenvalue weighted by atomic mass is 10.1. The molecule has 0 saturated carbocycles. The third-order valence-corrected chi connectivity index (χ3v) is 3.58. The largest absolute Gasteiger partial charge is 0.395 e. The molecule has 1 heterocycles. The van der Waals surface area contributed by atoms with E-state index in [2.05, 4.69) is 10.2 Å². The summed E-state index contributed by atoms with van der Waals surface area (Å²) >= 11 is 0. The van der Waals surface area contributed by atoms with Gasteiger partial charge in [0.25, 0.3) is 0 Å². The van der Waals surface area contributed by atoms with E-state index in [9.17, 15) is 9.59 Å². The Labute approximate surface area is 132 Å². The van der Waals surface area contributed by atoms with Crippen LogP contribution in [0.4, 0.5) is 0 Å². The predicted octanol–water partition coefficient (Wildman–Crippen LogP) is -1.36. The first-order valence-corrected chi connectivity index (χ1v) is 7.10. The summed E-state index contributed by atoms with van der Waals surface area (Å²) in [4.78, 5) is 27.5. The second-order valence-corrected chi connectivity index (χ2v) is 5.43. The molecule has 0 aromatic rings. The van der Waals surface area contributed by atoms with Crippen LogP contribution in [0, 0.1) is 5.92 Å². The maximum absolute atomic E-state index is 12.0. The van der Waals surface area contributed by atoms with Crippen LogP contribution in [0.25, 0.3) is 0 Å². The third kappa shape index (κ3) is 6.60. The molecule has 0 aliphatic carbocycles. The van der Waals surface area contributed by atoms with Crippen LogP contribution in [0.15, 0.2) is 0 Å². The van der Waals surface area contributed by atoms with Gasteiger partial charge in [-0.05, 0) is 5.92 Å². The molecule has 1 rings (SSSR count). The van der Waals surface area contributed by atoms with Crippen LogP contribution < -0.4 is 11.1 Å². The molecule has 7 nitrogen and oxygen atoms in total. The number of halogens is 1. The van der Waals surface area contributed by atoms with Crippen molar-refractivity contribution in [3.63, 3.8) is 0 Å². The second-order valence-electron chi connectivity index (χ2n) is 5.43. The van der Waals surface area contributed by atoms with Gasteiger partial charge in [-0.2, -0.15) is 0 Å². The van der Waals surface area contributed by atoms with Crippen molar-refractivity contribution in [1.82, 2.24) is 15.1 Å². The van der Waals surface area contributed by atoms with Crippen molar-refractivity contribution in [2.75, 3.05) is 45.9 Å². The van der Waals surface area contributed by atoms with Crippen LogP contribution in [-0.4, -0.2) is 78.6 Å². The molecule has 1 fully saturated rings. The van der Waals surface area contributed by atoms with Crippen LogP contribution in [0.1, 0.15) is 13.8 Å². The Morgan fingerprint density at radius 3 is 2.29 bits per heavy atom. The Kier molecular flexibility index (Phi) is 9.52. The molecule has 4 N–H and O–H groups in total. The molecular formula is C13H27ClN4O3. The highest BCUT2D eigenvalue weighted by atomic mass is 35.5. The first kappa shape index (κ1) is 20.1. The maximum Gasteiger partial charge on any atom is 0.242 e. The van der Waals surface area contributed by atoms with Crippen LogP contribution in [0.5, 0.6) is 0 Å². The molecule has 2 amide bonds. The lowest BCUT2D eigenvalue weighted by Crippen LogP contribution is -2.53. The summed E-state index contributed by atoms with van der Waals surface area (Å²) in [5.41, 5.74) is 5.71. The lowest BCUT2D eigenvalue weighted by molar-refractivity contribution is -0.134. The monoisotopic (exact) mass is 322 g/mol. The number of nitrogens with two attached hydrogens (primary N) is 1. The highest BCUT2D eigenvalue weighted by Crippen LogP contribution is 2.02. The molecule has 1 aliphatic heterocycles. The second kappa shape index (κ2) is 9.94. The minimum Gasteiger partial charge on any atom is -0.395 e. The van der Waals surface area contributed by atoms with Gasteiger partial charge in [0.15, 0.2) is 0 Å². The molecule has 1 atom stereocenters. The number of rotatable bonds is 6. The van der Waals surface area contributed by atoms with E-state index in [1.165, 1.54) is 0 Å². The fraction of sp³-hybridized carbons (Fsp3) is 0.846. The van der Waals surface area contributed by atoms with Gasteiger partial charge < -0.3 is 21.1 Å². The molecule has 1 saturated heterocycles. The van der Waals surface area contributed by atoms with E-state index in [-0.39, 0.29) is 43.3 Å². The molecule has 0 bridgehead atoms. The Balaban J connectivity index is 0.00000400. The molecule has 8 heteroatoms. The van der Waals surface area contributed by atoms with Gasteiger partial charge in [-0.3, -0.25) is 14.5 Å². The van der Waals surface area contributed by atoms with E-state index in [0.717, 1.165) is 13.1 Å². The molecule has 0 radical (unpaired) electrons. The fourth-order valence-corrected chi connectivity index (χ4v) is 2.06. The number of piperazine rings is 1. The zero-order chi connectivity index (χ0) is 15.1. The maximum atomic E-state index is 12.0. The van der Waals surface area contributed by atoms with Gasteiger partial charge in [0.1, 0.15) is 0 Å². The van der Waals surface area contributed by atoms with E-state index in [1.807, 2.05) is 13.8 Å². The molecule has 0 aromatic heterocycles. The van der Waals surface area contributed by atoms with Crippen molar-refractivity contribution >= 4 is 24.2 Å². The molecule has 0 spiro atoms. The van der Waals surface area contributed by atoms with Gasteiger partial charge in [0.05, 0.1) is 19.2 Å². The number of hydrogen-bond acceptors (Lipinski definition) is 5. The van der Waals surface area contributed by atoms with Gasteiger partial charge in [-0.25, -0.2) is 0 Å². The topological polar surface area (TPSA) is 98.9 Å². The van der Waals surface area contributed by atoms with Crippen molar-refractivity contribution in [1.29, 1.82) is 0 Å². The van der Waals surface area contributed by atoms with Crippen molar-refractivity contribution < 1.29 is 14.7 Å². The number of amides is 2. The van der Waals surface area contributed by atoms with Gasteiger partial charge in [0.2, 0.25) is 11.8 Å². The smallest absolute Gasteiger partial charge is 0.242 e. The van der Waals surface area contributed by atoms with Crippen LogP contribution >= 0.6 is 12.4 Å². The van der Waals surface area contributed by atoms with Crippen LogP contribution in [0.2, 0.25) is 0 Å². The van der Waals surface area contributed by atoms with E-state index < -0.39 is 6.04 Å². The summed E-state index contributed by atoms with van der Waals surface area (Å²) in [5.74, 6) is -0.322. The van der Waals surface area contributed by atoms with Crippen molar-refractivity contribution in [3.8, 4) is 0 Å². The van der Waals surface area contributed by atoms with Crippen molar-refractivity contribution in [2.45, 2.75) is 19.9 Å².